The maximum Gasteiger partial charge on any atom is 0.411 e. The van der Waals surface area contributed by atoms with Crippen molar-refractivity contribution in [1.29, 1.82) is 0 Å². The number of unbranched alkanes of at least 4 members (excludes halogenated alkanes) is 3. The highest BCUT2D eigenvalue weighted by atomic mass is 28.5. The Hall–Kier alpha value is -1.25. The number of carbonyl (C=O) groups is 3. The van der Waals surface area contributed by atoms with Gasteiger partial charge in [0, 0.05) is 18.5 Å². The Balaban J connectivity index is 5.60. The molecule has 1 unspecified atom stereocenters. The molecule has 0 aliphatic rings. The van der Waals surface area contributed by atoms with E-state index in [0.717, 1.165) is 62.5 Å². The Morgan fingerprint density at radius 2 is 1.02 bits per heavy atom. The normalized spacial score (nSPS) is 14.0. The fourth-order valence-corrected chi connectivity index (χ4v) is 43.7. The second kappa shape index (κ2) is 24.7. The monoisotopic (exact) mass is 909 g/mol. The van der Waals surface area contributed by atoms with Crippen LogP contribution in [0.1, 0.15) is 51.9 Å². The summed E-state index contributed by atoms with van der Waals surface area (Å²) < 4.78 is 50.1. The lowest BCUT2D eigenvalue weighted by molar-refractivity contribution is -0.139. The maximum atomic E-state index is 12.1. The minimum atomic E-state index is -2.91. The molecule has 1 N–H and O–H groups in total. The molecule has 0 aromatic carbocycles. The molecule has 0 aliphatic carbocycles. The van der Waals surface area contributed by atoms with Gasteiger partial charge >= 0.3 is 43.7 Å². The van der Waals surface area contributed by atoms with Crippen molar-refractivity contribution < 1.29 is 49.2 Å². The smallest absolute Gasteiger partial charge is 0.411 e. The van der Waals surface area contributed by atoms with Crippen LogP contribution in [0.15, 0.2) is 37.8 Å². The summed E-state index contributed by atoms with van der Waals surface area (Å²) in [5.74, 6) is -0.623. The number of ether oxygens (including phenoxy) is 3. The highest BCUT2D eigenvalue weighted by Crippen LogP contribution is 2.33. The molecule has 0 bridgehead atoms. The Labute approximate surface area is 348 Å². The third-order valence-electron chi connectivity index (χ3n) is 8.75. The van der Waals surface area contributed by atoms with Crippen LogP contribution in [-0.2, 0) is 44.4 Å². The van der Waals surface area contributed by atoms with Crippen LogP contribution in [-0.4, -0.2) is 90.1 Å². The van der Waals surface area contributed by atoms with Crippen LogP contribution in [0.2, 0.25) is 115 Å². The van der Waals surface area contributed by atoms with E-state index in [0.29, 0.717) is 31.0 Å². The summed E-state index contributed by atoms with van der Waals surface area (Å²) in [7, 11) is -16.5. The number of hydrogen-bond donors (Lipinski definition) is 1. The van der Waals surface area contributed by atoms with Crippen molar-refractivity contribution in [3.05, 3.63) is 37.8 Å². The van der Waals surface area contributed by atoms with Crippen LogP contribution in [0.25, 0.3) is 0 Å². The summed E-state index contributed by atoms with van der Waals surface area (Å²) >= 11 is 0. The van der Waals surface area contributed by atoms with Gasteiger partial charge in [-0.25, -0.2) is 9.59 Å². The van der Waals surface area contributed by atoms with Gasteiger partial charge in [0.15, 0.2) is 33.3 Å². The molecule has 0 rings (SSSR count). The molecule has 0 aliphatic heterocycles. The van der Waals surface area contributed by atoms with Gasteiger partial charge in [-0.2, -0.15) is 0 Å². The fraction of sp³-hybridized carbons (Fsp3) is 0.757. The molecular formula is C37H79NO11Si7. The van der Waals surface area contributed by atoms with Gasteiger partial charge in [0.2, 0.25) is 0 Å². The van der Waals surface area contributed by atoms with Crippen LogP contribution in [0, 0.1) is 0 Å². The predicted octanol–water partition coefficient (Wildman–Crippen LogP) is 10.8. The standard InChI is InChI=1S/C37H79NO11Si7/c1-18-42-35(39)26-21-20-23-29-50(5,6)45-52(9,10)32-33-53(11,12)47-55(15,16)49-56(17,31-25-28-44-36(40)34(3)4)48-54(13,14)46-51(7,8)30-24-22-27-38-37(41)43-19-2/h18-19H,1-3,20-33H2,4-17H3,(H,38,41). The van der Waals surface area contributed by atoms with Crippen molar-refractivity contribution in [1.82, 2.24) is 5.32 Å². The zero-order chi connectivity index (χ0) is 43.5. The van der Waals surface area contributed by atoms with Crippen LogP contribution >= 0.6 is 0 Å². The van der Waals surface area contributed by atoms with E-state index < -0.39 is 71.0 Å². The number of amides is 1. The minimum Gasteiger partial charge on any atom is -0.462 e. The van der Waals surface area contributed by atoms with Gasteiger partial charge in [-0.1, -0.05) is 39.0 Å². The zero-order valence-electron chi connectivity index (χ0n) is 37.7. The van der Waals surface area contributed by atoms with Gasteiger partial charge < -0.3 is 40.1 Å². The molecule has 1 atom stereocenters. The summed E-state index contributed by atoms with van der Waals surface area (Å²) in [5.41, 5.74) is 0.371. The first kappa shape index (κ1) is 54.7. The topological polar surface area (TPSA) is 137 Å². The second-order valence-corrected chi connectivity index (χ2v) is 46.7. The summed E-state index contributed by atoms with van der Waals surface area (Å²) in [4.78, 5) is 35.3. The maximum absolute atomic E-state index is 12.1. The lowest BCUT2D eigenvalue weighted by Crippen LogP contribution is -2.60. The number of esters is 2. The lowest BCUT2D eigenvalue weighted by Gasteiger charge is -2.44. The third-order valence-corrected chi connectivity index (χ3v) is 36.7. The van der Waals surface area contributed by atoms with Crippen LogP contribution in [0.5, 0.6) is 0 Å². The molecular weight excluding hydrogens is 831 g/mol. The Bertz CT molecular complexity index is 1280. The fourth-order valence-electron chi connectivity index (χ4n) is 6.90. The van der Waals surface area contributed by atoms with E-state index in [1.165, 1.54) is 6.26 Å². The second-order valence-electron chi connectivity index (χ2n) is 18.2. The summed E-state index contributed by atoms with van der Waals surface area (Å²) in [6.07, 6.45) is 7.38. The molecule has 12 nitrogen and oxygen atoms in total. The van der Waals surface area contributed by atoms with Crippen LogP contribution in [0.3, 0.4) is 0 Å². The highest BCUT2D eigenvalue weighted by Gasteiger charge is 2.48. The van der Waals surface area contributed by atoms with Gasteiger partial charge in [0.25, 0.3) is 0 Å². The molecule has 0 heterocycles. The molecule has 0 spiro atoms. The van der Waals surface area contributed by atoms with Crippen molar-refractivity contribution in [2.24, 2.45) is 0 Å². The first-order valence-electron chi connectivity index (χ1n) is 20.2. The Kier molecular flexibility index (Phi) is 24.2. The molecule has 0 aromatic rings. The number of hydrogen-bond acceptors (Lipinski definition) is 11. The molecule has 0 saturated heterocycles. The third kappa shape index (κ3) is 27.4. The van der Waals surface area contributed by atoms with Crippen molar-refractivity contribution >= 4 is 77.0 Å². The largest absolute Gasteiger partial charge is 0.462 e. The molecule has 0 saturated carbocycles. The number of carbonyl (C=O) groups excluding carboxylic acids is 3. The van der Waals surface area contributed by atoms with E-state index >= 15 is 0 Å². The number of alkyl carbamates (subject to hydrolysis) is 1. The van der Waals surface area contributed by atoms with Gasteiger partial charge in [0.05, 0.1) is 19.1 Å². The van der Waals surface area contributed by atoms with Crippen LogP contribution < -0.4 is 5.32 Å². The molecule has 326 valence electrons. The lowest BCUT2D eigenvalue weighted by atomic mass is 10.2. The van der Waals surface area contributed by atoms with E-state index in [9.17, 15) is 14.4 Å². The first-order valence-corrected chi connectivity index (χ1v) is 40.8. The Morgan fingerprint density at radius 1 is 0.554 bits per heavy atom. The minimum absolute atomic E-state index is 0.224. The van der Waals surface area contributed by atoms with Crippen molar-refractivity contribution in [3.63, 3.8) is 0 Å². The molecule has 0 fully saturated rings. The van der Waals surface area contributed by atoms with E-state index in [-0.39, 0.29) is 12.6 Å². The number of nitrogens with one attached hydrogen (secondary N) is 1. The van der Waals surface area contributed by atoms with Crippen molar-refractivity contribution in [3.8, 4) is 0 Å². The molecule has 0 radical (unpaired) electrons. The quantitative estimate of drug-likeness (QED) is 0.0178. The van der Waals surface area contributed by atoms with Gasteiger partial charge in [-0.15, -0.1) is 0 Å². The van der Waals surface area contributed by atoms with E-state index in [4.69, 9.17) is 34.8 Å². The average molecular weight is 911 g/mol. The van der Waals surface area contributed by atoms with Gasteiger partial charge in [0.1, 0.15) is 0 Å². The Morgan fingerprint density at radius 3 is 1.52 bits per heavy atom. The van der Waals surface area contributed by atoms with Crippen molar-refractivity contribution in [2.45, 2.75) is 167 Å². The highest BCUT2D eigenvalue weighted by molar-refractivity contribution is 6.91. The zero-order valence-corrected chi connectivity index (χ0v) is 44.7. The number of rotatable bonds is 31. The molecule has 56 heavy (non-hydrogen) atoms. The van der Waals surface area contributed by atoms with Gasteiger partial charge in [-0.3, -0.25) is 4.79 Å². The van der Waals surface area contributed by atoms with Crippen molar-refractivity contribution in [2.75, 3.05) is 13.2 Å². The van der Waals surface area contributed by atoms with Gasteiger partial charge in [-0.05, 0) is 142 Å². The SMILES string of the molecule is C=COC(=O)CCCCC[Si](C)(C)O[Si](C)(C)CC[Si](C)(C)O[Si](C)(C)O[Si](C)(CCCOC(=O)C(=C)C)O[Si](C)(C)O[Si](C)(C)CCCCNC(=O)OC=C. The van der Waals surface area contributed by atoms with E-state index in [1.807, 2.05) is 0 Å². The summed E-state index contributed by atoms with van der Waals surface area (Å²) in [5, 5.41) is 2.72. The van der Waals surface area contributed by atoms with E-state index in [2.05, 4.69) is 110 Å². The molecule has 0 aromatic heterocycles. The van der Waals surface area contributed by atoms with E-state index in [1.54, 1.807) is 6.92 Å². The predicted molar refractivity (Wildman–Crippen MR) is 245 cm³/mol. The summed E-state index contributed by atoms with van der Waals surface area (Å²) in [6.45, 7) is 41.7. The summed E-state index contributed by atoms with van der Waals surface area (Å²) in [6, 6.07) is 4.60. The van der Waals surface area contributed by atoms with Crippen LogP contribution in [0.4, 0.5) is 4.79 Å². The molecule has 19 heteroatoms. The first-order chi connectivity index (χ1) is 25.5. The molecule has 1 amide bonds. The average Bonchev–Trinajstić information content (AvgIpc) is 2.99.